The van der Waals surface area contributed by atoms with Crippen molar-refractivity contribution in [3.05, 3.63) is 51.7 Å². The third-order valence-corrected chi connectivity index (χ3v) is 5.65. The first kappa shape index (κ1) is 19.1. The predicted molar refractivity (Wildman–Crippen MR) is 103 cm³/mol. The van der Waals surface area contributed by atoms with Gasteiger partial charge in [-0.05, 0) is 49.4 Å². The van der Waals surface area contributed by atoms with Gasteiger partial charge in [0.15, 0.2) is 0 Å². The largest absolute Gasteiger partial charge is 0.271 e. The van der Waals surface area contributed by atoms with Gasteiger partial charge < -0.3 is 0 Å². The maximum absolute atomic E-state index is 12.2. The van der Waals surface area contributed by atoms with Crippen molar-refractivity contribution in [3.8, 4) is 0 Å². The Bertz CT molecular complexity index is 888. The molecule has 0 aliphatic rings. The van der Waals surface area contributed by atoms with Crippen molar-refractivity contribution in [2.75, 3.05) is 17.1 Å². The van der Waals surface area contributed by atoms with Crippen LogP contribution in [-0.2, 0) is 14.8 Å². The van der Waals surface area contributed by atoms with Gasteiger partial charge in [0.2, 0.25) is 10.0 Å². The highest BCUT2D eigenvalue weighted by Crippen LogP contribution is 2.23. The maximum Gasteiger partial charge on any atom is 0.260 e. The summed E-state index contributed by atoms with van der Waals surface area (Å²) in [6, 6.07) is 9.28. The lowest BCUT2D eigenvalue weighted by Gasteiger charge is -2.23. The first-order chi connectivity index (χ1) is 11.7. The number of sulfonamides is 1. The van der Waals surface area contributed by atoms with Crippen LogP contribution in [0.1, 0.15) is 22.9 Å². The Morgan fingerprint density at radius 3 is 2.60 bits per heavy atom. The van der Waals surface area contributed by atoms with E-state index >= 15 is 0 Å². The van der Waals surface area contributed by atoms with E-state index in [1.807, 2.05) is 43.5 Å². The highest BCUT2D eigenvalue weighted by Gasteiger charge is 2.22. The third kappa shape index (κ3) is 5.14. The van der Waals surface area contributed by atoms with Crippen molar-refractivity contribution < 1.29 is 13.2 Å². The number of rotatable bonds is 6. The number of amides is 1. The minimum Gasteiger partial charge on any atom is -0.271 e. The highest BCUT2D eigenvalue weighted by atomic mass is 32.2. The van der Waals surface area contributed by atoms with Gasteiger partial charge in [0.1, 0.15) is 6.54 Å². The van der Waals surface area contributed by atoms with Gasteiger partial charge in [-0.25, -0.2) is 13.8 Å². The lowest BCUT2D eigenvalue weighted by Crippen LogP contribution is -2.39. The van der Waals surface area contributed by atoms with Crippen molar-refractivity contribution in [2.24, 2.45) is 5.10 Å². The van der Waals surface area contributed by atoms with Gasteiger partial charge in [0.05, 0.1) is 17.7 Å². The molecule has 134 valence electrons. The number of carbonyl (C=O) groups excluding carboxylic acids is 1. The second-order valence-electron chi connectivity index (χ2n) is 5.77. The first-order valence-electron chi connectivity index (χ1n) is 7.60. The minimum absolute atomic E-state index is 0.329. The lowest BCUT2D eigenvalue weighted by molar-refractivity contribution is -0.119. The van der Waals surface area contributed by atoms with E-state index in [9.17, 15) is 13.2 Å². The molecule has 0 fully saturated rings. The Morgan fingerprint density at radius 2 is 2.00 bits per heavy atom. The Kier molecular flexibility index (Phi) is 5.97. The summed E-state index contributed by atoms with van der Waals surface area (Å²) in [5, 5.41) is 5.96. The summed E-state index contributed by atoms with van der Waals surface area (Å²) in [5.41, 5.74) is 5.29. The molecule has 0 aliphatic heterocycles. The molecule has 1 amide bonds. The average molecular weight is 380 g/mol. The molecule has 0 saturated carbocycles. The molecule has 6 nitrogen and oxygen atoms in total. The molecule has 1 heterocycles. The number of carbonyl (C=O) groups is 1. The molecular weight excluding hydrogens is 358 g/mol. The van der Waals surface area contributed by atoms with Crippen LogP contribution in [0.5, 0.6) is 0 Å². The fourth-order valence-electron chi connectivity index (χ4n) is 2.22. The van der Waals surface area contributed by atoms with Crippen LogP contribution < -0.4 is 9.73 Å². The topological polar surface area (TPSA) is 78.8 Å². The summed E-state index contributed by atoms with van der Waals surface area (Å²) < 4.78 is 25.4. The van der Waals surface area contributed by atoms with Crippen LogP contribution in [0.25, 0.3) is 0 Å². The van der Waals surface area contributed by atoms with Crippen molar-refractivity contribution in [1.82, 2.24) is 5.43 Å². The Morgan fingerprint density at radius 1 is 1.28 bits per heavy atom. The van der Waals surface area contributed by atoms with Gasteiger partial charge in [-0.2, -0.15) is 5.10 Å². The molecule has 25 heavy (non-hydrogen) atoms. The monoisotopic (exact) mass is 379 g/mol. The van der Waals surface area contributed by atoms with Crippen LogP contribution in [0, 0.1) is 13.8 Å². The van der Waals surface area contributed by atoms with E-state index in [1.54, 1.807) is 13.0 Å². The molecule has 8 heteroatoms. The van der Waals surface area contributed by atoms with Gasteiger partial charge >= 0.3 is 0 Å². The summed E-state index contributed by atoms with van der Waals surface area (Å²) in [7, 11) is -3.61. The molecule has 1 N–H and O–H groups in total. The van der Waals surface area contributed by atoms with Crippen molar-refractivity contribution >= 4 is 38.7 Å². The van der Waals surface area contributed by atoms with Gasteiger partial charge in [0.25, 0.3) is 5.91 Å². The first-order valence-corrected chi connectivity index (χ1v) is 10.3. The van der Waals surface area contributed by atoms with Crippen LogP contribution in [0.15, 0.2) is 40.8 Å². The van der Waals surface area contributed by atoms with E-state index in [-0.39, 0.29) is 6.54 Å². The van der Waals surface area contributed by atoms with E-state index in [1.165, 1.54) is 11.3 Å². The molecular formula is C17H21N3O3S2. The number of thiophene rings is 1. The zero-order valence-corrected chi connectivity index (χ0v) is 16.2. The molecule has 0 unspecified atom stereocenters. The number of anilines is 1. The van der Waals surface area contributed by atoms with E-state index < -0.39 is 15.9 Å². The molecule has 0 atom stereocenters. The molecule has 0 bridgehead atoms. The number of hydrogen-bond acceptors (Lipinski definition) is 5. The number of benzene rings is 1. The number of nitrogens with zero attached hydrogens (tertiary/aromatic N) is 2. The summed E-state index contributed by atoms with van der Waals surface area (Å²) in [5.74, 6) is -0.498. The Labute approximate surface area is 152 Å². The molecule has 0 saturated heterocycles. The molecule has 1 aromatic heterocycles. The van der Waals surface area contributed by atoms with E-state index in [0.29, 0.717) is 11.4 Å². The molecule has 1 aromatic carbocycles. The molecule has 2 aromatic rings. The molecule has 0 radical (unpaired) electrons. The quantitative estimate of drug-likeness (QED) is 0.619. The van der Waals surface area contributed by atoms with E-state index in [4.69, 9.17) is 0 Å². The standard InChI is InChI=1S/C17H21N3O3S2/c1-12-7-8-13(2)15(10-12)20(25(4,22)23)11-17(21)19-18-14(3)16-6-5-9-24-16/h5-10H,11H2,1-4H3,(H,19,21)/b18-14-. The third-order valence-electron chi connectivity index (χ3n) is 3.55. The summed E-state index contributed by atoms with van der Waals surface area (Å²) in [6.45, 7) is 5.14. The minimum atomic E-state index is -3.61. The van der Waals surface area contributed by atoms with E-state index in [0.717, 1.165) is 26.6 Å². The van der Waals surface area contributed by atoms with Crippen LogP contribution in [-0.4, -0.2) is 32.8 Å². The number of aryl methyl sites for hydroxylation is 2. The van der Waals surface area contributed by atoms with Crippen LogP contribution in [0.3, 0.4) is 0 Å². The normalized spacial score (nSPS) is 12.1. The van der Waals surface area contributed by atoms with Crippen molar-refractivity contribution in [2.45, 2.75) is 20.8 Å². The van der Waals surface area contributed by atoms with Crippen molar-refractivity contribution in [3.63, 3.8) is 0 Å². The number of nitrogens with one attached hydrogen (secondary N) is 1. The van der Waals surface area contributed by atoms with Gasteiger partial charge in [-0.3, -0.25) is 9.10 Å². The Balaban J connectivity index is 2.19. The van der Waals surface area contributed by atoms with Crippen LogP contribution in [0.2, 0.25) is 0 Å². The summed E-state index contributed by atoms with van der Waals surface area (Å²) in [4.78, 5) is 13.2. The number of hydrogen-bond donors (Lipinski definition) is 1. The molecule has 2 rings (SSSR count). The van der Waals surface area contributed by atoms with Crippen LogP contribution in [0.4, 0.5) is 5.69 Å². The predicted octanol–water partition coefficient (Wildman–Crippen LogP) is 2.67. The Hall–Kier alpha value is -2.19. The molecule has 0 aliphatic carbocycles. The second-order valence-corrected chi connectivity index (χ2v) is 8.62. The second kappa shape index (κ2) is 7.79. The summed E-state index contributed by atoms with van der Waals surface area (Å²) in [6.07, 6.45) is 1.09. The SMILES string of the molecule is C/C(=N/NC(=O)CN(c1cc(C)ccc1C)S(C)(=O)=O)c1cccs1. The molecule has 0 spiro atoms. The van der Waals surface area contributed by atoms with Crippen LogP contribution >= 0.6 is 11.3 Å². The summed E-state index contributed by atoms with van der Waals surface area (Å²) >= 11 is 1.51. The fourth-order valence-corrected chi connectivity index (χ4v) is 3.80. The average Bonchev–Trinajstić information content (AvgIpc) is 3.06. The maximum atomic E-state index is 12.2. The smallest absolute Gasteiger partial charge is 0.260 e. The number of hydrazone groups is 1. The fraction of sp³-hybridized carbons (Fsp3) is 0.294. The zero-order valence-electron chi connectivity index (χ0n) is 14.6. The van der Waals surface area contributed by atoms with Crippen molar-refractivity contribution in [1.29, 1.82) is 0 Å². The van der Waals surface area contributed by atoms with E-state index in [2.05, 4.69) is 10.5 Å². The van der Waals surface area contributed by atoms with Gasteiger partial charge in [0, 0.05) is 4.88 Å². The highest BCUT2D eigenvalue weighted by molar-refractivity contribution is 7.92. The van der Waals surface area contributed by atoms with Gasteiger partial charge in [-0.15, -0.1) is 11.3 Å². The zero-order chi connectivity index (χ0) is 18.6. The lowest BCUT2D eigenvalue weighted by atomic mass is 10.1. The van der Waals surface area contributed by atoms with Gasteiger partial charge in [-0.1, -0.05) is 18.2 Å².